The number of carbonyl (C=O) groups excluding carboxylic acids is 1. The van der Waals surface area contributed by atoms with Crippen LogP contribution in [-0.2, 0) is 16.0 Å². The number of esters is 1. The van der Waals surface area contributed by atoms with Crippen LogP contribution in [0.2, 0.25) is 0 Å². The van der Waals surface area contributed by atoms with Gasteiger partial charge in [0.05, 0.1) is 12.7 Å². The van der Waals surface area contributed by atoms with Gasteiger partial charge in [-0.2, -0.15) is 5.26 Å². The zero-order valence-corrected chi connectivity index (χ0v) is 13.4. The van der Waals surface area contributed by atoms with Crippen LogP contribution in [0, 0.1) is 23.2 Å². The highest BCUT2D eigenvalue weighted by atomic mass is 16.5. The van der Waals surface area contributed by atoms with Gasteiger partial charge in [-0.05, 0) is 36.2 Å². The fourth-order valence-corrected chi connectivity index (χ4v) is 2.05. The summed E-state index contributed by atoms with van der Waals surface area (Å²) in [4.78, 5) is 11.1. The van der Waals surface area contributed by atoms with E-state index in [0.717, 1.165) is 16.7 Å². The number of nitriles is 1. The Morgan fingerprint density at radius 2 is 1.83 bits per heavy atom. The predicted molar refractivity (Wildman–Crippen MR) is 90.3 cm³/mol. The summed E-state index contributed by atoms with van der Waals surface area (Å²) in [5.41, 5.74) is 2.66. The molecule has 2 aromatic rings. The molecule has 0 aliphatic carbocycles. The Morgan fingerprint density at radius 3 is 2.54 bits per heavy atom. The van der Waals surface area contributed by atoms with Crippen molar-refractivity contribution in [2.24, 2.45) is 0 Å². The van der Waals surface area contributed by atoms with E-state index in [1.54, 1.807) is 6.07 Å². The molecule has 0 bridgehead atoms. The van der Waals surface area contributed by atoms with Crippen molar-refractivity contribution < 1.29 is 14.3 Å². The van der Waals surface area contributed by atoms with Crippen LogP contribution in [-0.4, -0.2) is 19.7 Å². The van der Waals surface area contributed by atoms with Crippen LogP contribution in [0.15, 0.2) is 48.5 Å². The molecule has 0 spiro atoms. The van der Waals surface area contributed by atoms with Crippen molar-refractivity contribution in [3.8, 4) is 23.7 Å². The van der Waals surface area contributed by atoms with E-state index < -0.39 is 0 Å². The largest absolute Gasteiger partial charge is 0.477 e. The molecule has 0 saturated carbocycles. The van der Waals surface area contributed by atoms with Crippen LogP contribution < -0.4 is 4.74 Å². The summed E-state index contributed by atoms with van der Waals surface area (Å²) in [6.45, 7) is -0.00636. The summed E-state index contributed by atoms with van der Waals surface area (Å²) in [7, 11) is 1.39. The summed E-state index contributed by atoms with van der Waals surface area (Å²) < 4.78 is 9.98. The van der Waals surface area contributed by atoms with Gasteiger partial charge in [-0.25, -0.2) is 0 Å². The Balaban J connectivity index is 2.06. The lowest BCUT2D eigenvalue weighted by atomic mass is 10.1. The van der Waals surface area contributed by atoms with Crippen LogP contribution in [0.4, 0.5) is 0 Å². The quantitative estimate of drug-likeness (QED) is 0.627. The Kier molecular flexibility index (Phi) is 6.44. The smallest absolute Gasteiger partial charge is 0.305 e. The third kappa shape index (κ3) is 5.19. The first-order valence-electron chi connectivity index (χ1n) is 7.49. The van der Waals surface area contributed by atoms with Gasteiger partial charge < -0.3 is 9.47 Å². The number of benzene rings is 2. The molecule has 0 amide bonds. The number of carbonyl (C=O) groups is 1. The molecule has 0 atom stereocenters. The molecule has 0 aliphatic heterocycles. The molecule has 2 rings (SSSR count). The first-order chi connectivity index (χ1) is 11.7. The minimum atomic E-state index is -0.215. The van der Waals surface area contributed by atoms with Crippen molar-refractivity contribution in [1.82, 2.24) is 0 Å². The van der Waals surface area contributed by atoms with Gasteiger partial charge >= 0.3 is 5.97 Å². The van der Waals surface area contributed by atoms with E-state index >= 15 is 0 Å². The number of nitrogens with zero attached hydrogens (tertiary/aromatic N) is 1. The summed E-state index contributed by atoms with van der Waals surface area (Å²) >= 11 is 0. The first-order valence-corrected chi connectivity index (χ1v) is 7.49. The van der Waals surface area contributed by atoms with Crippen molar-refractivity contribution in [2.75, 3.05) is 13.7 Å². The number of rotatable bonds is 5. The van der Waals surface area contributed by atoms with Gasteiger partial charge in [0.25, 0.3) is 0 Å². The minimum absolute atomic E-state index is 0.00636. The number of hydrogen-bond donors (Lipinski definition) is 0. The Hall–Kier alpha value is -3.24. The van der Waals surface area contributed by atoms with Gasteiger partial charge in [0.2, 0.25) is 0 Å². The maximum atomic E-state index is 11.1. The zero-order valence-electron chi connectivity index (χ0n) is 13.4. The molecule has 0 N–H and O–H groups in total. The molecule has 24 heavy (non-hydrogen) atoms. The number of methoxy groups -OCH3 is 1. The van der Waals surface area contributed by atoms with Gasteiger partial charge in [-0.3, -0.25) is 4.79 Å². The maximum Gasteiger partial charge on any atom is 0.305 e. The number of ether oxygens (including phenoxy) is 2. The van der Waals surface area contributed by atoms with Crippen LogP contribution in [0.5, 0.6) is 5.75 Å². The van der Waals surface area contributed by atoms with Gasteiger partial charge in [-0.1, -0.05) is 36.1 Å². The predicted octanol–water partition coefficient (Wildman–Crippen LogP) is 3.09. The van der Waals surface area contributed by atoms with Crippen LogP contribution in [0.25, 0.3) is 0 Å². The van der Waals surface area contributed by atoms with Crippen LogP contribution >= 0.6 is 0 Å². The van der Waals surface area contributed by atoms with E-state index in [2.05, 4.69) is 16.6 Å². The summed E-state index contributed by atoms with van der Waals surface area (Å²) in [5, 5.41) is 8.61. The van der Waals surface area contributed by atoms with Crippen molar-refractivity contribution in [3.63, 3.8) is 0 Å². The van der Waals surface area contributed by atoms with Gasteiger partial charge in [-0.15, -0.1) is 0 Å². The molecular formula is C20H17NO3. The SMILES string of the molecule is COC(=O)CCc1ccc(C#Cc2ccccc2OCC#N)cc1. The van der Waals surface area contributed by atoms with Gasteiger partial charge in [0.1, 0.15) is 11.8 Å². The van der Waals surface area contributed by atoms with Gasteiger partial charge in [0, 0.05) is 12.0 Å². The Labute approximate surface area is 141 Å². The van der Waals surface area contributed by atoms with Crippen molar-refractivity contribution >= 4 is 5.97 Å². The molecule has 120 valence electrons. The monoisotopic (exact) mass is 319 g/mol. The second-order valence-electron chi connectivity index (χ2n) is 4.97. The summed E-state index contributed by atoms with van der Waals surface area (Å²) in [6.07, 6.45) is 1.01. The molecule has 4 heteroatoms. The second-order valence-corrected chi connectivity index (χ2v) is 4.97. The lowest BCUT2D eigenvalue weighted by Crippen LogP contribution is -2.01. The molecule has 2 aromatic carbocycles. The van der Waals surface area contributed by atoms with Crippen LogP contribution in [0.1, 0.15) is 23.1 Å². The first kappa shape index (κ1) is 17.1. The normalized spacial score (nSPS) is 9.33. The topological polar surface area (TPSA) is 59.3 Å². The fourth-order valence-electron chi connectivity index (χ4n) is 2.05. The number of para-hydroxylation sites is 1. The molecule has 4 nitrogen and oxygen atoms in total. The van der Waals surface area contributed by atoms with Crippen molar-refractivity contribution in [3.05, 3.63) is 65.2 Å². The Morgan fingerprint density at radius 1 is 1.08 bits per heavy atom. The van der Waals surface area contributed by atoms with Crippen molar-refractivity contribution in [2.45, 2.75) is 12.8 Å². The molecule has 0 unspecified atom stereocenters. The minimum Gasteiger partial charge on any atom is -0.477 e. The lowest BCUT2D eigenvalue weighted by molar-refractivity contribution is -0.140. The third-order valence-corrected chi connectivity index (χ3v) is 3.32. The Bertz CT molecular complexity index is 792. The van der Waals surface area contributed by atoms with E-state index in [-0.39, 0.29) is 12.6 Å². The maximum absolute atomic E-state index is 11.1. The highest BCUT2D eigenvalue weighted by Crippen LogP contribution is 2.16. The highest BCUT2D eigenvalue weighted by molar-refractivity contribution is 5.69. The molecular weight excluding hydrogens is 302 g/mol. The van der Waals surface area contributed by atoms with E-state index in [1.807, 2.05) is 48.5 Å². The van der Waals surface area contributed by atoms with E-state index in [1.165, 1.54) is 7.11 Å². The van der Waals surface area contributed by atoms with E-state index in [0.29, 0.717) is 18.6 Å². The van der Waals surface area contributed by atoms with E-state index in [9.17, 15) is 4.79 Å². The average Bonchev–Trinajstić information content (AvgIpc) is 2.64. The molecule has 0 heterocycles. The average molecular weight is 319 g/mol. The second kappa shape index (κ2) is 9.02. The summed E-state index contributed by atoms with van der Waals surface area (Å²) in [5.74, 6) is 6.52. The van der Waals surface area contributed by atoms with Gasteiger partial charge in [0.15, 0.2) is 6.61 Å². The summed E-state index contributed by atoms with van der Waals surface area (Å²) in [6, 6.07) is 17.0. The molecule has 0 saturated heterocycles. The van der Waals surface area contributed by atoms with E-state index in [4.69, 9.17) is 10.00 Å². The third-order valence-electron chi connectivity index (χ3n) is 3.32. The zero-order chi connectivity index (χ0) is 17.2. The van der Waals surface area contributed by atoms with Crippen molar-refractivity contribution in [1.29, 1.82) is 5.26 Å². The molecule has 0 fully saturated rings. The number of hydrogen-bond acceptors (Lipinski definition) is 4. The number of aryl methyl sites for hydroxylation is 1. The molecule has 0 radical (unpaired) electrons. The highest BCUT2D eigenvalue weighted by Gasteiger charge is 2.01. The van der Waals surface area contributed by atoms with Crippen LogP contribution in [0.3, 0.4) is 0 Å². The lowest BCUT2D eigenvalue weighted by Gasteiger charge is -2.03. The molecule has 0 aliphatic rings. The standard InChI is InChI=1S/C20H17NO3/c1-23-20(22)13-11-17-8-6-16(7-9-17)10-12-18-4-2-3-5-19(18)24-15-14-21/h2-9H,11,13,15H2,1H3. The molecule has 0 aromatic heterocycles. The fraction of sp³-hybridized carbons (Fsp3) is 0.200.